The molecule has 2 aromatic rings. The third-order valence-electron chi connectivity index (χ3n) is 4.86. The maximum absolute atomic E-state index is 13.0. The van der Waals surface area contributed by atoms with Crippen molar-refractivity contribution in [3.8, 4) is 0 Å². The molecule has 4 nitrogen and oxygen atoms in total. The van der Waals surface area contributed by atoms with E-state index >= 15 is 0 Å². The highest BCUT2D eigenvalue weighted by Gasteiger charge is 2.36. The summed E-state index contributed by atoms with van der Waals surface area (Å²) in [4.78, 5) is 3.51. The zero-order chi connectivity index (χ0) is 18.0. The van der Waals surface area contributed by atoms with E-state index in [0.717, 1.165) is 17.8 Å². The quantitative estimate of drug-likeness (QED) is 0.798. The van der Waals surface area contributed by atoms with Crippen LogP contribution < -0.4 is 0 Å². The number of benzene rings is 1. The topological polar surface area (TPSA) is 40.6 Å². The number of hydrogen-bond acceptors (Lipinski definition) is 4. The van der Waals surface area contributed by atoms with Crippen LogP contribution in [0.15, 0.2) is 46.7 Å². The van der Waals surface area contributed by atoms with Gasteiger partial charge < -0.3 is 0 Å². The second-order valence-electron chi connectivity index (χ2n) is 6.75. The molecule has 2 unspecified atom stereocenters. The monoisotopic (exact) mass is 378 g/mol. The number of thiophene rings is 1. The van der Waals surface area contributed by atoms with Crippen molar-refractivity contribution in [2.75, 3.05) is 13.1 Å². The van der Waals surface area contributed by atoms with Crippen molar-refractivity contribution in [3.63, 3.8) is 0 Å². The number of piperazine rings is 1. The Morgan fingerprint density at radius 3 is 2.24 bits per heavy atom. The molecule has 2 heterocycles. The lowest BCUT2D eigenvalue weighted by Crippen LogP contribution is -2.57. The van der Waals surface area contributed by atoms with E-state index in [1.54, 1.807) is 10.4 Å². The molecule has 0 spiro atoms. The van der Waals surface area contributed by atoms with Gasteiger partial charge >= 0.3 is 0 Å². The summed E-state index contributed by atoms with van der Waals surface area (Å²) in [6.45, 7) is 8.22. The van der Waals surface area contributed by atoms with Gasteiger partial charge in [0.1, 0.15) is 4.21 Å². The van der Waals surface area contributed by atoms with Crippen molar-refractivity contribution in [1.82, 2.24) is 9.21 Å². The lowest BCUT2D eigenvalue weighted by atomic mass is 10.1. The van der Waals surface area contributed by atoms with Crippen LogP contribution in [0.2, 0.25) is 0 Å². The van der Waals surface area contributed by atoms with E-state index in [1.165, 1.54) is 16.9 Å². The van der Waals surface area contributed by atoms with Crippen LogP contribution in [-0.2, 0) is 23.0 Å². The van der Waals surface area contributed by atoms with E-state index in [2.05, 4.69) is 37.8 Å². The zero-order valence-electron chi connectivity index (χ0n) is 15.1. The van der Waals surface area contributed by atoms with Gasteiger partial charge in [-0.05, 0) is 38.0 Å². The standard InChI is InChI=1S/C19H26N2O2S2/c1-4-18-10-11-19(24-18)25(22,23)20-12-15(2)21(16(3)13-20)14-17-8-6-5-7-9-17/h5-11,15-16H,4,12-14H2,1-3H3. The minimum Gasteiger partial charge on any atom is -0.291 e. The first-order chi connectivity index (χ1) is 11.9. The molecule has 6 heteroatoms. The molecule has 1 aromatic carbocycles. The van der Waals surface area contributed by atoms with Gasteiger partial charge in [0.15, 0.2) is 0 Å². The minimum atomic E-state index is -3.39. The Kier molecular flexibility index (Phi) is 5.63. The fraction of sp³-hybridized carbons (Fsp3) is 0.474. The van der Waals surface area contributed by atoms with Gasteiger partial charge in [-0.15, -0.1) is 11.3 Å². The highest BCUT2D eigenvalue weighted by molar-refractivity contribution is 7.91. The minimum absolute atomic E-state index is 0.185. The summed E-state index contributed by atoms with van der Waals surface area (Å²) < 4.78 is 28.1. The van der Waals surface area contributed by atoms with Gasteiger partial charge in [-0.3, -0.25) is 4.90 Å². The van der Waals surface area contributed by atoms with Crippen LogP contribution in [-0.4, -0.2) is 42.8 Å². The van der Waals surface area contributed by atoms with Gasteiger partial charge in [-0.1, -0.05) is 37.3 Å². The molecule has 0 N–H and O–H groups in total. The molecule has 0 saturated carbocycles. The average Bonchev–Trinajstić information content (AvgIpc) is 3.09. The lowest BCUT2D eigenvalue weighted by Gasteiger charge is -2.43. The van der Waals surface area contributed by atoms with Crippen LogP contribution in [0, 0.1) is 0 Å². The maximum Gasteiger partial charge on any atom is 0.252 e. The van der Waals surface area contributed by atoms with Crippen LogP contribution in [0.4, 0.5) is 0 Å². The van der Waals surface area contributed by atoms with E-state index in [-0.39, 0.29) is 12.1 Å². The van der Waals surface area contributed by atoms with Gasteiger partial charge in [0, 0.05) is 36.6 Å². The van der Waals surface area contributed by atoms with Gasteiger partial charge in [-0.2, -0.15) is 4.31 Å². The van der Waals surface area contributed by atoms with E-state index in [1.807, 2.05) is 24.3 Å². The van der Waals surface area contributed by atoms with Crippen molar-refractivity contribution in [1.29, 1.82) is 0 Å². The first-order valence-electron chi connectivity index (χ1n) is 8.80. The SMILES string of the molecule is CCc1ccc(S(=O)(=O)N2CC(C)N(Cc3ccccc3)C(C)C2)s1. The van der Waals surface area contributed by atoms with Crippen molar-refractivity contribution in [2.24, 2.45) is 0 Å². The smallest absolute Gasteiger partial charge is 0.252 e. The molecule has 1 saturated heterocycles. The molecule has 1 aromatic heterocycles. The molecule has 0 bridgehead atoms. The van der Waals surface area contributed by atoms with Crippen molar-refractivity contribution in [3.05, 3.63) is 52.9 Å². The third-order valence-corrected chi connectivity index (χ3v) is 8.38. The molecule has 0 aliphatic carbocycles. The number of sulfonamides is 1. The molecule has 0 amide bonds. The molecule has 1 fully saturated rings. The largest absolute Gasteiger partial charge is 0.291 e. The van der Waals surface area contributed by atoms with Crippen LogP contribution in [0.25, 0.3) is 0 Å². The summed E-state index contributed by atoms with van der Waals surface area (Å²) in [6.07, 6.45) is 0.873. The molecule has 0 radical (unpaired) electrons. The third kappa shape index (κ3) is 3.97. The fourth-order valence-electron chi connectivity index (χ4n) is 3.42. The second-order valence-corrected chi connectivity index (χ2v) is 10.1. The molecule has 25 heavy (non-hydrogen) atoms. The summed E-state index contributed by atoms with van der Waals surface area (Å²) in [5.41, 5.74) is 1.27. The first-order valence-corrected chi connectivity index (χ1v) is 11.1. The number of hydrogen-bond donors (Lipinski definition) is 0. The Morgan fingerprint density at radius 2 is 1.68 bits per heavy atom. The Balaban J connectivity index is 1.75. The predicted molar refractivity (Wildman–Crippen MR) is 103 cm³/mol. The van der Waals surface area contributed by atoms with Crippen LogP contribution >= 0.6 is 11.3 Å². The Bertz CT molecular complexity index is 790. The summed E-state index contributed by atoms with van der Waals surface area (Å²) in [5, 5.41) is 0. The summed E-state index contributed by atoms with van der Waals surface area (Å²) in [6, 6.07) is 14.4. The highest BCUT2D eigenvalue weighted by atomic mass is 32.2. The van der Waals surface area contributed by atoms with E-state index in [0.29, 0.717) is 17.3 Å². The van der Waals surface area contributed by atoms with Crippen LogP contribution in [0.5, 0.6) is 0 Å². The Morgan fingerprint density at radius 1 is 1.04 bits per heavy atom. The van der Waals surface area contributed by atoms with Crippen molar-refractivity contribution < 1.29 is 8.42 Å². The van der Waals surface area contributed by atoms with Crippen LogP contribution in [0.3, 0.4) is 0 Å². The van der Waals surface area contributed by atoms with Crippen molar-refractivity contribution >= 4 is 21.4 Å². The van der Waals surface area contributed by atoms with Gasteiger partial charge in [0.2, 0.25) is 0 Å². The lowest BCUT2D eigenvalue weighted by molar-refractivity contribution is 0.0700. The normalized spacial score (nSPS) is 23.0. The van der Waals surface area contributed by atoms with Crippen LogP contribution in [0.1, 0.15) is 31.2 Å². The van der Waals surface area contributed by atoms with Gasteiger partial charge in [0.25, 0.3) is 10.0 Å². The molecular formula is C19H26N2O2S2. The average molecular weight is 379 g/mol. The molecule has 1 aliphatic heterocycles. The van der Waals surface area contributed by atoms with Gasteiger partial charge in [0.05, 0.1) is 0 Å². The van der Waals surface area contributed by atoms with E-state index in [9.17, 15) is 8.42 Å². The molecule has 1 aliphatic rings. The number of aryl methyl sites for hydroxylation is 1. The Labute approximate surface area is 155 Å². The summed E-state index contributed by atoms with van der Waals surface area (Å²) >= 11 is 1.40. The van der Waals surface area contributed by atoms with E-state index in [4.69, 9.17) is 0 Å². The van der Waals surface area contributed by atoms with Gasteiger partial charge in [-0.25, -0.2) is 8.42 Å². The number of nitrogens with zero attached hydrogens (tertiary/aromatic N) is 2. The zero-order valence-corrected chi connectivity index (χ0v) is 16.7. The molecule has 136 valence electrons. The summed E-state index contributed by atoms with van der Waals surface area (Å²) in [7, 11) is -3.39. The fourth-order valence-corrected chi connectivity index (χ4v) is 6.48. The molecule has 2 atom stereocenters. The molecular weight excluding hydrogens is 352 g/mol. The van der Waals surface area contributed by atoms with E-state index < -0.39 is 10.0 Å². The number of rotatable bonds is 5. The first kappa shape index (κ1) is 18.6. The highest BCUT2D eigenvalue weighted by Crippen LogP contribution is 2.29. The predicted octanol–water partition coefficient (Wildman–Crippen LogP) is 3.59. The second kappa shape index (κ2) is 7.58. The summed E-state index contributed by atoms with van der Waals surface area (Å²) in [5.74, 6) is 0. The van der Waals surface area contributed by atoms with Crippen molar-refractivity contribution in [2.45, 2.75) is 50.0 Å². The Hall–Kier alpha value is -1.21. The maximum atomic E-state index is 13.0. The molecule has 3 rings (SSSR count).